The smallest absolute Gasteiger partial charge is 0.254 e. The lowest BCUT2D eigenvalue weighted by Gasteiger charge is -2.41. The Morgan fingerprint density at radius 3 is 2.17 bits per heavy atom. The molecule has 3 N–H and O–H groups in total. The number of hydrogen-bond acceptors (Lipinski definition) is 5. The van der Waals surface area contributed by atoms with E-state index in [-0.39, 0.29) is 50.1 Å². The second-order valence-corrected chi connectivity index (χ2v) is 13.4. The molecule has 248 valence electrons. The van der Waals surface area contributed by atoms with Crippen LogP contribution >= 0.6 is 11.6 Å². The Kier molecular flexibility index (Phi) is 12.4. The van der Waals surface area contributed by atoms with Crippen LogP contribution < -0.4 is 0 Å². The van der Waals surface area contributed by atoms with Crippen molar-refractivity contribution in [3.63, 3.8) is 0 Å². The zero-order valence-electron chi connectivity index (χ0n) is 27.4. The fourth-order valence-corrected chi connectivity index (χ4v) is 7.25. The number of carbonyl (C=O) groups excluding carboxylic acids is 2. The minimum absolute atomic E-state index is 0.123. The highest BCUT2D eigenvalue weighted by molar-refractivity contribution is 6.31. The summed E-state index contributed by atoms with van der Waals surface area (Å²) in [6.07, 6.45) is 5.03. The van der Waals surface area contributed by atoms with Crippen LogP contribution in [-0.4, -0.2) is 74.9 Å². The van der Waals surface area contributed by atoms with Crippen LogP contribution in [0.3, 0.4) is 0 Å². The van der Waals surface area contributed by atoms with E-state index in [1.807, 2.05) is 67.3 Å². The highest BCUT2D eigenvalue weighted by Crippen LogP contribution is 2.39. The average Bonchev–Trinajstić information content (AvgIpc) is 3.56. The highest BCUT2D eigenvalue weighted by Gasteiger charge is 2.41. The van der Waals surface area contributed by atoms with Crippen molar-refractivity contribution in [1.29, 1.82) is 0 Å². The second-order valence-electron chi connectivity index (χ2n) is 12.9. The van der Waals surface area contributed by atoms with Crippen LogP contribution in [0.25, 0.3) is 0 Å². The van der Waals surface area contributed by atoms with Crippen LogP contribution in [0.2, 0.25) is 5.02 Å². The summed E-state index contributed by atoms with van der Waals surface area (Å²) in [5.74, 6) is -0.345. The van der Waals surface area contributed by atoms with Gasteiger partial charge < -0.3 is 25.1 Å². The molecule has 1 unspecified atom stereocenters. The molecule has 46 heavy (non-hydrogen) atoms. The average molecular weight is 649 g/mol. The van der Waals surface area contributed by atoms with Gasteiger partial charge in [0.2, 0.25) is 0 Å². The van der Waals surface area contributed by atoms with Gasteiger partial charge in [-0.2, -0.15) is 0 Å². The molecule has 2 amide bonds. The van der Waals surface area contributed by atoms with Crippen molar-refractivity contribution in [2.45, 2.75) is 89.3 Å². The lowest BCUT2D eigenvalue weighted by atomic mass is 9.89. The zero-order chi connectivity index (χ0) is 33.3. The first kappa shape index (κ1) is 35.6. The minimum Gasteiger partial charge on any atom is -0.395 e. The second kappa shape index (κ2) is 16.1. The van der Waals surface area contributed by atoms with Crippen molar-refractivity contribution in [2.75, 3.05) is 26.3 Å². The molecule has 0 aromatic heterocycles. The summed E-state index contributed by atoms with van der Waals surface area (Å²) >= 11 is 6.38. The summed E-state index contributed by atoms with van der Waals surface area (Å²) in [6, 6.07) is 22.4. The summed E-state index contributed by atoms with van der Waals surface area (Å²) in [4.78, 5) is 31.6. The predicted molar refractivity (Wildman–Crippen MR) is 183 cm³/mol. The summed E-state index contributed by atoms with van der Waals surface area (Å²) in [7, 11) is 0. The van der Waals surface area contributed by atoms with Crippen molar-refractivity contribution < 1.29 is 24.9 Å². The van der Waals surface area contributed by atoms with Crippen LogP contribution in [0.1, 0.15) is 96.7 Å². The lowest BCUT2D eigenvalue weighted by Crippen LogP contribution is -2.51. The van der Waals surface area contributed by atoms with Gasteiger partial charge in [0, 0.05) is 34.8 Å². The number of hydrogen-bond donors (Lipinski definition) is 3. The summed E-state index contributed by atoms with van der Waals surface area (Å²) in [5.41, 5.74) is 2.53. The molecule has 7 nitrogen and oxygen atoms in total. The molecule has 0 saturated heterocycles. The first-order valence-electron chi connectivity index (χ1n) is 16.5. The Balaban J connectivity index is 1.53. The van der Waals surface area contributed by atoms with Gasteiger partial charge >= 0.3 is 0 Å². The van der Waals surface area contributed by atoms with Crippen LogP contribution in [0.15, 0.2) is 72.8 Å². The Morgan fingerprint density at radius 2 is 1.52 bits per heavy atom. The van der Waals surface area contributed by atoms with Crippen LogP contribution in [0.5, 0.6) is 0 Å². The molecule has 1 fully saturated rings. The van der Waals surface area contributed by atoms with E-state index < -0.39 is 11.6 Å². The predicted octanol–water partition coefficient (Wildman–Crippen LogP) is 6.40. The van der Waals surface area contributed by atoms with Crippen LogP contribution in [-0.2, 0) is 18.4 Å². The van der Waals surface area contributed by atoms with E-state index in [0.29, 0.717) is 34.6 Å². The molecule has 0 aliphatic heterocycles. The van der Waals surface area contributed by atoms with Crippen molar-refractivity contribution in [3.8, 4) is 0 Å². The van der Waals surface area contributed by atoms with E-state index in [0.717, 1.165) is 43.2 Å². The first-order chi connectivity index (χ1) is 22.1. The number of aliphatic hydroxyl groups excluding tert-OH is 3. The van der Waals surface area contributed by atoms with Crippen molar-refractivity contribution in [2.24, 2.45) is 0 Å². The number of β-amino-alcohol motifs (C(OH)–C–C–N with tert-alkyl or cyclic N) is 1. The minimum atomic E-state index is -0.775. The van der Waals surface area contributed by atoms with E-state index in [9.17, 15) is 24.9 Å². The largest absolute Gasteiger partial charge is 0.395 e. The molecule has 1 aliphatic carbocycles. The van der Waals surface area contributed by atoms with Gasteiger partial charge in [-0.05, 0) is 87.3 Å². The van der Waals surface area contributed by atoms with Crippen LogP contribution in [0.4, 0.5) is 0 Å². The van der Waals surface area contributed by atoms with E-state index in [1.54, 1.807) is 29.2 Å². The normalized spacial score (nSPS) is 15.0. The van der Waals surface area contributed by atoms with Gasteiger partial charge in [0.1, 0.15) is 0 Å². The third-order valence-electron chi connectivity index (χ3n) is 9.81. The maximum absolute atomic E-state index is 14.1. The van der Waals surface area contributed by atoms with Crippen molar-refractivity contribution in [1.82, 2.24) is 9.80 Å². The molecular formula is C38H49ClN2O5. The number of aryl methyl sites for hydroxylation is 1. The monoisotopic (exact) mass is 648 g/mol. The SMILES string of the molecule is CCC1(N(CCO)C(=O)c2cc(Cl)ccc2CC(O)CCc2ccccc2C(=O)N(CCO)C(C)(C)c2ccccc2)CCCC1. The molecule has 0 spiro atoms. The van der Waals surface area contributed by atoms with Gasteiger partial charge in [-0.15, -0.1) is 0 Å². The number of rotatable bonds is 15. The van der Waals surface area contributed by atoms with Crippen LogP contribution in [0, 0.1) is 0 Å². The van der Waals surface area contributed by atoms with E-state index in [2.05, 4.69) is 6.92 Å². The number of nitrogens with zero attached hydrogens (tertiary/aromatic N) is 2. The maximum Gasteiger partial charge on any atom is 0.254 e. The molecule has 0 heterocycles. The van der Waals surface area contributed by atoms with Gasteiger partial charge in [-0.1, -0.05) is 86.0 Å². The van der Waals surface area contributed by atoms with Gasteiger partial charge in [-0.25, -0.2) is 0 Å². The fraction of sp³-hybridized carbons (Fsp3) is 0.474. The zero-order valence-corrected chi connectivity index (χ0v) is 28.2. The molecule has 3 aromatic rings. The van der Waals surface area contributed by atoms with Gasteiger partial charge in [0.05, 0.1) is 24.9 Å². The Labute approximate surface area is 278 Å². The molecular weight excluding hydrogens is 600 g/mol. The van der Waals surface area contributed by atoms with E-state index in [4.69, 9.17) is 11.6 Å². The molecule has 3 aromatic carbocycles. The summed E-state index contributed by atoms with van der Waals surface area (Å²) in [5, 5.41) is 31.5. The Hall–Kier alpha value is -3.23. The fourth-order valence-electron chi connectivity index (χ4n) is 7.08. The molecule has 1 aliphatic rings. The molecule has 0 radical (unpaired) electrons. The lowest BCUT2D eigenvalue weighted by molar-refractivity contribution is 0.0397. The molecule has 1 saturated carbocycles. The molecule has 4 rings (SSSR count). The Morgan fingerprint density at radius 1 is 0.870 bits per heavy atom. The van der Waals surface area contributed by atoms with Crippen molar-refractivity contribution in [3.05, 3.63) is 106 Å². The summed E-state index contributed by atoms with van der Waals surface area (Å²) in [6.45, 7) is 6.19. The maximum atomic E-state index is 14.1. The number of halogens is 1. The highest BCUT2D eigenvalue weighted by atomic mass is 35.5. The van der Waals surface area contributed by atoms with E-state index >= 15 is 0 Å². The standard InChI is InChI=1S/C38H49ClN2O5/c1-4-38(20-10-11-21-38)41(23-25-43)36(46)34-27-31(39)18-16-29(34)26-32(44)19-17-28-12-8-9-15-33(28)35(45)40(22-24-42)37(2,3)30-13-6-5-7-14-30/h5-9,12-16,18,27,32,42-44H,4,10-11,17,19-26H2,1-3H3. The van der Waals surface area contributed by atoms with Gasteiger partial charge in [-0.3, -0.25) is 9.59 Å². The first-order valence-corrected chi connectivity index (χ1v) is 16.9. The third kappa shape index (κ3) is 8.00. The van der Waals surface area contributed by atoms with Gasteiger partial charge in [0.25, 0.3) is 11.8 Å². The Bertz CT molecular complexity index is 1450. The van der Waals surface area contributed by atoms with Crippen molar-refractivity contribution >= 4 is 23.4 Å². The molecule has 0 bridgehead atoms. The molecule has 8 heteroatoms. The quantitative estimate of drug-likeness (QED) is 0.177. The number of benzene rings is 3. The number of amides is 2. The van der Waals surface area contributed by atoms with Gasteiger partial charge in [0.15, 0.2) is 0 Å². The third-order valence-corrected chi connectivity index (χ3v) is 10.0. The topological polar surface area (TPSA) is 101 Å². The molecule has 1 atom stereocenters. The van der Waals surface area contributed by atoms with E-state index in [1.165, 1.54) is 0 Å². The number of carbonyl (C=O) groups is 2. The summed E-state index contributed by atoms with van der Waals surface area (Å²) < 4.78 is 0. The number of aliphatic hydroxyl groups is 3.